The van der Waals surface area contributed by atoms with Crippen LogP contribution in [0.15, 0.2) is 59.5 Å². The third-order valence-corrected chi connectivity index (χ3v) is 11.4. The molecule has 5 rings (SSSR count). The van der Waals surface area contributed by atoms with Crippen molar-refractivity contribution in [3.63, 3.8) is 0 Å². The monoisotopic (exact) mass is 551 g/mol. The van der Waals surface area contributed by atoms with Crippen LogP contribution in [-0.4, -0.2) is 43.2 Å². The van der Waals surface area contributed by atoms with E-state index in [-0.39, 0.29) is 11.7 Å². The Morgan fingerprint density at radius 1 is 0.921 bits per heavy atom. The fourth-order valence-corrected chi connectivity index (χ4v) is 9.03. The molecule has 3 aromatic rings. The third kappa shape index (κ3) is 6.67. The standard InChI is InChI=1S/C31H41N3O2S2/c1-2-19-34(27-14-17-29-30(21-27)37-31(32)33-29)20-18-23-8-10-24(11-9-23)22-38(35,36)28-15-12-26(13-16-28)25-6-4-3-5-7-25/h3-7,12-13,15-16,23-24,27H,2,8-11,14,17-22H2,1H3,(H2,32,33)/t23?,24?,27-/m0/s1. The quantitative estimate of drug-likeness (QED) is 0.306. The van der Waals surface area contributed by atoms with E-state index < -0.39 is 9.84 Å². The van der Waals surface area contributed by atoms with Gasteiger partial charge in [0.15, 0.2) is 15.0 Å². The van der Waals surface area contributed by atoms with Crippen molar-refractivity contribution in [1.82, 2.24) is 9.88 Å². The van der Waals surface area contributed by atoms with E-state index in [1.807, 2.05) is 42.5 Å². The van der Waals surface area contributed by atoms with Gasteiger partial charge in [-0.2, -0.15) is 0 Å². The predicted octanol–water partition coefficient (Wildman–Crippen LogP) is 6.63. The lowest BCUT2D eigenvalue weighted by Crippen LogP contribution is -2.41. The Morgan fingerprint density at radius 2 is 1.61 bits per heavy atom. The average Bonchev–Trinajstić information content (AvgIpc) is 3.31. The molecule has 204 valence electrons. The summed E-state index contributed by atoms with van der Waals surface area (Å²) in [4.78, 5) is 9.05. The van der Waals surface area contributed by atoms with Crippen LogP contribution >= 0.6 is 11.3 Å². The lowest BCUT2D eigenvalue weighted by Gasteiger charge is -2.36. The molecule has 0 amide bonds. The first-order valence-corrected chi connectivity index (χ1v) is 16.7. The van der Waals surface area contributed by atoms with E-state index in [4.69, 9.17) is 5.73 Å². The van der Waals surface area contributed by atoms with Gasteiger partial charge in [-0.1, -0.05) is 62.2 Å². The Balaban J connectivity index is 1.10. The number of aromatic nitrogens is 1. The van der Waals surface area contributed by atoms with Crippen LogP contribution in [0.2, 0.25) is 0 Å². The molecule has 2 aliphatic carbocycles. The van der Waals surface area contributed by atoms with Gasteiger partial charge in [0.1, 0.15) is 0 Å². The summed E-state index contributed by atoms with van der Waals surface area (Å²) in [5.41, 5.74) is 9.34. The molecule has 2 N–H and O–H groups in total. The molecule has 0 aliphatic heterocycles. The largest absolute Gasteiger partial charge is 0.375 e. The van der Waals surface area contributed by atoms with Gasteiger partial charge < -0.3 is 10.6 Å². The van der Waals surface area contributed by atoms with Crippen molar-refractivity contribution in [3.05, 3.63) is 65.2 Å². The molecule has 1 aromatic heterocycles. The highest BCUT2D eigenvalue weighted by atomic mass is 32.2. The normalized spacial score (nSPS) is 21.9. The molecule has 38 heavy (non-hydrogen) atoms. The van der Waals surface area contributed by atoms with Crippen molar-refractivity contribution < 1.29 is 8.42 Å². The molecule has 0 saturated heterocycles. The molecule has 1 saturated carbocycles. The van der Waals surface area contributed by atoms with Gasteiger partial charge in [-0.15, -0.1) is 11.3 Å². The molecule has 1 atom stereocenters. The number of benzene rings is 2. The number of anilines is 1. The van der Waals surface area contributed by atoms with Gasteiger partial charge in [-0.05, 0) is 93.1 Å². The van der Waals surface area contributed by atoms with Crippen LogP contribution in [0.25, 0.3) is 11.1 Å². The van der Waals surface area contributed by atoms with Crippen LogP contribution in [0.3, 0.4) is 0 Å². The molecule has 0 unspecified atom stereocenters. The first kappa shape index (κ1) is 27.4. The SMILES string of the molecule is CCCN(CCC1CCC(CS(=O)(=O)c2ccc(-c3ccccc3)cc2)CC1)[C@H]1CCc2nc(N)sc2C1. The van der Waals surface area contributed by atoms with Crippen molar-refractivity contribution in [3.8, 4) is 11.1 Å². The van der Waals surface area contributed by atoms with Crippen LogP contribution < -0.4 is 5.73 Å². The minimum atomic E-state index is -3.27. The first-order valence-electron chi connectivity index (χ1n) is 14.3. The predicted molar refractivity (Wildman–Crippen MR) is 158 cm³/mol. The lowest BCUT2D eigenvalue weighted by atomic mass is 9.81. The van der Waals surface area contributed by atoms with Crippen molar-refractivity contribution in [2.75, 3.05) is 24.6 Å². The summed E-state index contributed by atoms with van der Waals surface area (Å²) < 4.78 is 26.3. The van der Waals surface area contributed by atoms with E-state index in [1.165, 1.54) is 29.8 Å². The fraction of sp³-hybridized carbons (Fsp3) is 0.516. The van der Waals surface area contributed by atoms with Gasteiger partial charge in [-0.25, -0.2) is 13.4 Å². The maximum Gasteiger partial charge on any atom is 0.180 e. The molecule has 2 aromatic carbocycles. The average molecular weight is 552 g/mol. The van der Waals surface area contributed by atoms with Gasteiger partial charge in [-0.3, -0.25) is 0 Å². The Morgan fingerprint density at radius 3 is 2.32 bits per heavy atom. The van der Waals surface area contributed by atoms with Gasteiger partial charge in [0.2, 0.25) is 0 Å². The van der Waals surface area contributed by atoms with E-state index >= 15 is 0 Å². The topological polar surface area (TPSA) is 76.3 Å². The number of hydrogen-bond donors (Lipinski definition) is 1. The number of fused-ring (bicyclic) bond motifs is 1. The second-order valence-electron chi connectivity index (χ2n) is 11.2. The first-order chi connectivity index (χ1) is 18.4. The number of sulfone groups is 1. The van der Waals surface area contributed by atoms with E-state index in [0.29, 0.717) is 22.0 Å². The van der Waals surface area contributed by atoms with Crippen molar-refractivity contribution in [2.24, 2.45) is 11.8 Å². The zero-order chi connectivity index (χ0) is 26.5. The summed E-state index contributed by atoms with van der Waals surface area (Å²) >= 11 is 1.67. The van der Waals surface area contributed by atoms with Crippen LogP contribution in [0.5, 0.6) is 0 Å². The van der Waals surface area contributed by atoms with Crippen molar-refractivity contribution in [2.45, 2.75) is 75.6 Å². The molecule has 0 spiro atoms. The molecular formula is C31H41N3O2S2. The summed E-state index contributed by atoms with van der Waals surface area (Å²) in [5, 5.41) is 0.709. The van der Waals surface area contributed by atoms with Crippen molar-refractivity contribution in [1.29, 1.82) is 0 Å². The van der Waals surface area contributed by atoms with E-state index in [1.54, 1.807) is 23.5 Å². The zero-order valence-electron chi connectivity index (χ0n) is 22.5. The minimum absolute atomic E-state index is 0.269. The number of rotatable bonds is 10. The highest BCUT2D eigenvalue weighted by molar-refractivity contribution is 7.91. The Labute approximate surface area is 232 Å². The number of hydrogen-bond acceptors (Lipinski definition) is 6. The smallest absolute Gasteiger partial charge is 0.180 e. The lowest BCUT2D eigenvalue weighted by molar-refractivity contribution is 0.156. The summed E-state index contributed by atoms with van der Waals surface area (Å²) in [6.45, 7) is 4.56. The summed E-state index contributed by atoms with van der Waals surface area (Å²) in [6.07, 6.45) is 10.0. The number of nitrogens with zero attached hydrogens (tertiary/aromatic N) is 2. The molecule has 1 heterocycles. The van der Waals surface area contributed by atoms with Gasteiger partial charge >= 0.3 is 0 Å². The third-order valence-electron chi connectivity index (χ3n) is 8.52. The molecule has 1 fully saturated rings. The molecule has 7 heteroatoms. The van der Waals surface area contributed by atoms with E-state index in [2.05, 4.69) is 16.8 Å². The highest BCUT2D eigenvalue weighted by Gasteiger charge is 2.29. The van der Waals surface area contributed by atoms with Crippen LogP contribution in [-0.2, 0) is 22.7 Å². The van der Waals surface area contributed by atoms with E-state index in [0.717, 1.165) is 62.7 Å². The van der Waals surface area contributed by atoms with E-state index in [9.17, 15) is 8.42 Å². The molecule has 2 aliphatic rings. The number of aryl methyl sites for hydroxylation is 1. The molecule has 0 bridgehead atoms. The number of thiazole rings is 1. The van der Waals surface area contributed by atoms with Crippen LogP contribution in [0.4, 0.5) is 5.13 Å². The maximum absolute atomic E-state index is 13.2. The van der Waals surface area contributed by atoms with Crippen LogP contribution in [0, 0.1) is 11.8 Å². The fourth-order valence-electron chi connectivity index (χ4n) is 6.38. The molecule has 0 radical (unpaired) electrons. The summed E-state index contributed by atoms with van der Waals surface area (Å²) in [6, 6.07) is 18.1. The minimum Gasteiger partial charge on any atom is -0.375 e. The van der Waals surface area contributed by atoms with Gasteiger partial charge in [0.25, 0.3) is 0 Å². The second kappa shape index (κ2) is 12.3. The van der Waals surface area contributed by atoms with Crippen LogP contribution in [0.1, 0.15) is 62.4 Å². The summed E-state index contributed by atoms with van der Waals surface area (Å²) in [5.74, 6) is 1.25. The van der Waals surface area contributed by atoms with Gasteiger partial charge in [0.05, 0.1) is 16.3 Å². The number of nitrogen functional groups attached to an aromatic ring is 1. The second-order valence-corrected chi connectivity index (χ2v) is 14.4. The molecular weight excluding hydrogens is 510 g/mol. The summed E-state index contributed by atoms with van der Waals surface area (Å²) in [7, 11) is -3.27. The molecule has 5 nitrogen and oxygen atoms in total. The maximum atomic E-state index is 13.2. The van der Waals surface area contributed by atoms with Crippen molar-refractivity contribution >= 4 is 26.3 Å². The Hall–Kier alpha value is -2.22. The Kier molecular flexibility index (Phi) is 8.86. The Bertz CT molecular complexity index is 1280. The zero-order valence-corrected chi connectivity index (χ0v) is 24.2. The number of nitrogens with two attached hydrogens (primary N) is 1. The highest BCUT2D eigenvalue weighted by Crippen LogP contribution is 2.35. The van der Waals surface area contributed by atoms with Gasteiger partial charge in [0, 0.05) is 10.9 Å².